The van der Waals surface area contributed by atoms with Gasteiger partial charge in [0, 0.05) is 5.02 Å². The van der Waals surface area contributed by atoms with Crippen LogP contribution in [0.3, 0.4) is 0 Å². The number of benzene rings is 2. The van der Waals surface area contributed by atoms with E-state index in [0.29, 0.717) is 16.4 Å². The van der Waals surface area contributed by atoms with E-state index >= 15 is 0 Å². The first-order chi connectivity index (χ1) is 9.41. The van der Waals surface area contributed by atoms with E-state index in [9.17, 15) is 4.79 Å². The molecule has 3 N–H and O–H groups in total. The summed E-state index contributed by atoms with van der Waals surface area (Å²) in [5.74, 6) is -0.113. The molecule has 0 aliphatic rings. The van der Waals surface area contributed by atoms with Gasteiger partial charge in [0.1, 0.15) is 0 Å². The Morgan fingerprint density at radius 3 is 2.40 bits per heavy atom. The first-order valence-corrected chi connectivity index (χ1v) is 6.71. The zero-order valence-corrected chi connectivity index (χ0v) is 12.2. The van der Waals surface area contributed by atoms with E-state index in [1.165, 1.54) is 0 Å². The summed E-state index contributed by atoms with van der Waals surface area (Å²) in [6.45, 7) is 3.76. The average molecular weight is 289 g/mol. The lowest BCUT2D eigenvalue weighted by atomic mass is 9.83. The number of nitrogen functional groups attached to an aromatic ring is 1. The van der Waals surface area contributed by atoms with Gasteiger partial charge in [-0.05, 0) is 37.6 Å². The van der Waals surface area contributed by atoms with Crippen LogP contribution in [0.5, 0.6) is 0 Å². The van der Waals surface area contributed by atoms with Crippen LogP contribution in [-0.2, 0) is 10.2 Å². The molecule has 1 amide bonds. The highest BCUT2D eigenvalue weighted by molar-refractivity contribution is 6.31. The number of halogens is 1. The second-order valence-electron chi connectivity index (χ2n) is 5.18. The fourth-order valence-electron chi connectivity index (χ4n) is 1.91. The Balaban J connectivity index is 2.23. The minimum atomic E-state index is -0.645. The number of anilines is 2. The van der Waals surface area contributed by atoms with Crippen LogP contribution in [-0.4, -0.2) is 5.91 Å². The smallest absolute Gasteiger partial charge is 0.234 e. The molecule has 0 aromatic heterocycles. The van der Waals surface area contributed by atoms with E-state index in [2.05, 4.69) is 5.32 Å². The predicted octanol–water partition coefficient (Wildman–Crippen LogP) is 3.84. The van der Waals surface area contributed by atoms with Gasteiger partial charge in [-0.2, -0.15) is 0 Å². The molecule has 104 valence electrons. The molecule has 0 aliphatic carbocycles. The lowest BCUT2D eigenvalue weighted by molar-refractivity contribution is -0.120. The van der Waals surface area contributed by atoms with E-state index in [-0.39, 0.29) is 5.91 Å². The van der Waals surface area contributed by atoms with Gasteiger partial charge in [-0.3, -0.25) is 4.79 Å². The maximum atomic E-state index is 12.5. The zero-order valence-electron chi connectivity index (χ0n) is 11.5. The molecule has 0 unspecified atom stereocenters. The largest absolute Gasteiger partial charge is 0.397 e. The van der Waals surface area contributed by atoms with Crippen LogP contribution in [0.25, 0.3) is 0 Å². The molecule has 0 heterocycles. The number of hydrogen-bond donors (Lipinski definition) is 2. The van der Waals surface area contributed by atoms with E-state index in [0.717, 1.165) is 5.56 Å². The number of nitrogens with two attached hydrogens (primary N) is 1. The van der Waals surface area contributed by atoms with Crippen LogP contribution in [0.4, 0.5) is 11.4 Å². The van der Waals surface area contributed by atoms with Crippen molar-refractivity contribution in [3.63, 3.8) is 0 Å². The summed E-state index contributed by atoms with van der Waals surface area (Å²) >= 11 is 5.85. The lowest BCUT2D eigenvalue weighted by Gasteiger charge is -2.24. The molecular formula is C16H17ClN2O. The summed E-state index contributed by atoms with van der Waals surface area (Å²) in [7, 11) is 0. The molecule has 2 rings (SSSR count). The van der Waals surface area contributed by atoms with Gasteiger partial charge in [0.05, 0.1) is 16.8 Å². The fraction of sp³-hybridized carbons (Fsp3) is 0.188. The van der Waals surface area contributed by atoms with Crippen molar-refractivity contribution in [1.82, 2.24) is 0 Å². The van der Waals surface area contributed by atoms with Crippen molar-refractivity contribution in [2.75, 3.05) is 11.1 Å². The van der Waals surface area contributed by atoms with Gasteiger partial charge in [0.25, 0.3) is 0 Å². The Labute approximate surface area is 123 Å². The number of carbonyl (C=O) groups excluding carboxylic acids is 1. The summed E-state index contributed by atoms with van der Waals surface area (Å²) in [5.41, 5.74) is 7.18. The predicted molar refractivity (Wildman–Crippen MR) is 84.0 cm³/mol. The second kappa shape index (κ2) is 5.55. The van der Waals surface area contributed by atoms with Gasteiger partial charge in [0.2, 0.25) is 5.91 Å². The van der Waals surface area contributed by atoms with Crippen molar-refractivity contribution in [2.45, 2.75) is 19.3 Å². The van der Waals surface area contributed by atoms with Crippen molar-refractivity contribution >= 4 is 28.9 Å². The van der Waals surface area contributed by atoms with Crippen molar-refractivity contribution in [3.8, 4) is 0 Å². The quantitative estimate of drug-likeness (QED) is 0.843. The van der Waals surface area contributed by atoms with Crippen LogP contribution in [0.15, 0.2) is 48.5 Å². The second-order valence-corrected chi connectivity index (χ2v) is 5.61. The first kappa shape index (κ1) is 14.4. The molecule has 0 aliphatic heterocycles. The summed E-state index contributed by atoms with van der Waals surface area (Å²) in [6, 6.07) is 14.7. The van der Waals surface area contributed by atoms with Crippen molar-refractivity contribution in [2.24, 2.45) is 0 Å². The Morgan fingerprint density at radius 1 is 1.15 bits per heavy atom. The minimum Gasteiger partial charge on any atom is -0.397 e. The van der Waals surface area contributed by atoms with Gasteiger partial charge in [0.15, 0.2) is 0 Å². The molecule has 20 heavy (non-hydrogen) atoms. The first-order valence-electron chi connectivity index (χ1n) is 6.33. The maximum absolute atomic E-state index is 12.5. The van der Waals surface area contributed by atoms with E-state index in [4.69, 9.17) is 17.3 Å². The van der Waals surface area contributed by atoms with E-state index < -0.39 is 5.41 Å². The van der Waals surface area contributed by atoms with E-state index in [1.54, 1.807) is 18.2 Å². The molecule has 0 bridgehead atoms. The van der Waals surface area contributed by atoms with E-state index in [1.807, 2.05) is 44.2 Å². The van der Waals surface area contributed by atoms with Crippen LogP contribution < -0.4 is 11.1 Å². The number of amides is 1. The third kappa shape index (κ3) is 2.94. The molecule has 3 nitrogen and oxygen atoms in total. The van der Waals surface area contributed by atoms with Crippen molar-refractivity contribution < 1.29 is 4.79 Å². The van der Waals surface area contributed by atoms with Gasteiger partial charge >= 0.3 is 0 Å². The Kier molecular flexibility index (Phi) is 4.00. The van der Waals surface area contributed by atoms with Crippen LogP contribution in [0.2, 0.25) is 5.02 Å². The highest BCUT2D eigenvalue weighted by atomic mass is 35.5. The van der Waals surface area contributed by atoms with Crippen molar-refractivity contribution in [3.05, 3.63) is 59.1 Å². The molecule has 0 saturated carbocycles. The number of rotatable bonds is 3. The van der Waals surface area contributed by atoms with Gasteiger partial charge in [-0.1, -0.05) is 41.9 Å². The third-order valence-electron chi connectivity index (χ3n) is 3.32. The lowest BCUT2D eigenvalue weighted by Crippen LogP contribution is -2.34. The summed E-state index contributed by atoms with van der Waals surface area (Å²) < 4.78 is 0. The summed E-state index contributed by atoms with van der Waals surface area (Å²) in [4.78, 5) is 12.5. The third-order valence-corrected chi connectivity index (χ3v) is 3.56. The maximum Gasteiger partial charge on any atom is 0.234 e. The Morgan fingerprint density at radius 2 is 1.80 bits per heavy atom. The Hall–Kier alpha value is -2.00. The highest BCUT2D eigenvalue weighted by Gasteiger charge is 2.29. The van der Waals surface area contributed by atoms with Gasteiger partial charge < -0.3 is 11.1 Å². The molecule has 4 heteroatoms. The number of hydrogen-bond acceptors (Lipinski definition) is 2. The standard InChI is InChI=1S/C16H17ClN2O/c1-16(2,11-6-4-3-5-7-11)15(20)19-14-9-8-12(17)10-13(14)18/h3-10H,18H2,1-2H3,(H,19,20). The molecule has 2 aromatic rings. The molecule has 0 saturated heterocycles. The topological polar surface area (TPSA) is 55.1 Å². The van der Waals surface area contributed by atoms with Crippen LogP contribution in [0.1, 0.15) is 19.4 Å². The fourth-order valence-corrected chi connectivity index (χ4v) is 2.09. The molecule has 0 fully saturated rings. The van der Waals surface area contributed by atoms with Crippen LogP contribution in [0, 0.1) is 0 Å². The SMILES string of the molecule is CC(C)(C(=O)Nc1ccc(Cl)cc1N)c1ccccc1. The number of nitrogens with one attached hydrogen (secondary N) is 1. The van der Waals surface area contributed by atoms with Gasteiger partial charge in [-0.25, -0.2) is 0 Å². The molecule has 0 radical (unpaired) electrons. The van der Waals surface area contributed by atoms with Crippen LogP contribution >= 0.6 is 11.6 Å². The molecular weight excluding hydrogens is 272 g/mol. The minimum absolute atomic E-state index is 0.113. The normalized spacial score (nSPS) is 11.2. The monoisotopic (exact) mass is 288 g/mol. The van der Waals surface area contributed by atoms with Gasteiger partial charge in [-0.15, -0.1) is 0 Å². The Bertz CT molecular complexity index is 624. The highest BCUT2D eigenvalue weighted by Crippen LogP contribution is 2.28. The zero-order chi connectivity index (χ0) is 14.8. The molecule has 2 aromatic carbocycles. The number of carbonyl (C=O) groups is 1. The summed E-state index contributed by atoms with van der Waals surface area (Å²) in [5, 5.41) is 3.40. The summed E-state index contributed by atoms with van der Waals surface area (Å²) in [6.07, 6.45) is 0. The molecule has 0 atom stereocenters. The van der Waals surface area contributed by atoms with Crippen molar-refractivity contribution in [1.29, 1.82) is 0 Å². The molecule has 0 spiro atoms. The average Bonchev–Trinajstić information content (AvgIpc) is 2.42.